The van der Waals surface area contributed by atoms with Gasteiger partial charge in [0.15, 0.2) is 34.5 Å². The molecule has 0 saturated heterocycles. The number of hydrogen-bond donors (Lipinski definition) is 13. The first-order valence-corrected chi connectivity index (χ1v) is 10.7. The third kappa shape index (κ3) is 2.10. The summed E-state index contributed by atoms with van der Waals surface area (Å²) in [5.41, 5.74) is 0.0332. The number of nitrogen functional groups attached to an aromatic ring is 1. The van der Waals surface area contributed by atoms with Crippen LogP contribution in [0.5, 0.6) is 69.0 Å². The minimum Gasteiger partial charge on any atom is -0.504 e. The van der Waals surface area contributed by atoms with Gasteiger partial charge in [0.1, 0.15) is 0 Å². The smallest absolute Gasteiger partial charge is 0.204 e. The van der Waals surface area contributed by atoms with Crippen LogP contribution in [0.2, 0.25) is 0 Å². The maximum atomic E-state index is 11.1. The summed E-state index contributed by atoms with van der Waals surface area (Å²) < 4.78 is 0. The Balaban J connectivity index is 2.04. The number of fused-ring (bicyclic) bond motifs is 10. The van der Waals surface area contributed by atoms with Gasteiger partial charge in [0.2, 0.25) is 34.5 Å². The van der Waals surface area contributed by atoms with E-state index in [4.69, 9.17) is 5.73 Å². The van der Waals surface area contributed by atoms with Gasteiger partial charge < -0.3 is 67.0 Å². The van der Waals surface area contributed by atoms with E-state index in [-0.39, 0.29) is 22.4 Å². The zero-order valence-corrected chi connectivity index (χ0v) is 18.7. The summed E-state index contributed by atoms with van der Waals surface area (Å²) in [4.78, 5) is 0. The highest BCUT2D eigenvalue weighted by atomic mass is 16.4. The van der Waals surface area contributed by atoms with E-state index in [1.807, 2.05) is 0 Å². The van der Waals surface area contributed by atoms with Crippen molar-refractivity contribution in [2.75, 3.05) is 5.73 Å². The van der Waals surface area contributed by atoms with Crippen LogP contribution in [0.25, 0.3) is 22.3 Å². The molecule has 0 fully saturated rings. The van der Waals surface area contributed by atoms with Crippen molar-refractivity contribution in [2.45, 2.75) is 5.41 Å². The van der Waals surface area contributed by atoms with Crippen LogP contribution in [-0.4, -0.2) is 61.3 Å². The molecule has 0 bridgehead atoms. The number of phenolic OH excluding ortho intramolecular Hbond substituents is 12. The van der Waals surface area contributed by atoms with Crippen molar-refractivity contribution in [1.29, 1.82) is 0 Å². The summed E-state index contributed by atoms with van der Waals surface area (Å²) in [7, 11) is 0. The third-order valence-electron chi connectivity index (χ3n) is 7.28. The number of aromatic hydroxyl groups is 12. The average molecular weight is 523 g/mol. The lowest BCUT2D eigenvalue weighted by molar-refractivity contribution is 0.337. The zero-order valence-electron chi connectivity index (χ0n) is 18.7. The monoisotopic (exact) mass is 523 g/mol. The van der Waals surface area contributed by atoms with Crippen LogP contribution < -0.4 is 5.73 Å². The lowest BCUT2D eigenvalue weighted by atomic mass is 9.69. The SMILES string of the molecule is Nc1ccc2c(c1)C1(c3c(O)c(O)c(O)c(O)c3-2)c2c(O)c(O)c(O)c(O)c2-c2c(O)c(O)c(O)c(O)c21. The van der Waals surface area contributed by atoms with Crippen LogP contribution in [0, 0.1) is 0 Å². The summed E-state index contributed by atoms with van der Waals surface area (Å²) in [6.07, 6.45) is 0. The fourth-order valence-electron chi connectivity index (χ4n) is 5.81. The number of benzene rings is 4. The second-order valence-corrected chi connectivity index (χ2v) is 8.99. The highest BCUT2D eigenvalue weighted by Gasteiger charge is 2.61. The molecule has 0 aliphatic heterocycles. The molecule has 0 saturated carbocycles. The van der Waals surface area contributed by atoms with E-state index in [2.05, 4.69) is 0 Å². The van der Waals surface area contributed by atoms with E-state index in [1.165, 1.54) is 18.2 Å². The van der Waals surface area contributed by atoms with Crippen molar-refractivity contribution in [2.24, 2.45) is 0 Å². The van der Waals surface area contributed by atoms with Crippen molar-refractivity contribution < 1.29 is 61.3 Å². The molecule has 0 heterocycles. The van der Waals surface area contributed by atoms with Gasteiger partial charge in [-0.15, -0.1) is 0 Å². The Bertz CT molecular complexity index is 1740. The van der Waals surface area contributed by atoms with Crippen LogP contribution in [0.3, 0.4) is 0 Å². The maximum absolute atomic E-state index is 11.1. The molecule has 4 aromatic rings. The lowest BCUT2D eigenvalue weighted by Crippen LogP contribution is -2.26. The first-order chi connectivity index (χ1) is 17.8. The zero-order chi connectivity index (χ0) is 27.7. The molecule has 0 unspecified atom stereocenters. The van der Waals surface area contributed by atoms with E-state index in [0.29, 0.717) is 0 Å². The van der Waals surface area contributed by atoms with Gasteiger partial charge in [-0.3, -0.25) is 0 Å². The van der Waals surface area contributed by atoms with Crippen LogP contribution >= 0.6 is 0 Å². The number of phenols is 12. The topological polar surface area (TPSA) is 269 Å². The first kappa shape index (κ1) is 22.7. The predicted octanol–water partition coefficient (Wildman–Crippen LogP) is 2.08. The summed E-state index contributed by atoms with van der Waals surface area (Å²) in [5, 5.41) is 128. The highest BCUT2D eigenvalue weighted by Crippen LogP contribution is 2.76. The summed E-state index contributed by atoms with van der Waals surface area (Å²) >= 11 is 0. The molecule has 4 aromatic carbocycles. The summed E-state index contributed by atoms with van der Waals surface area (Å²) in [6.45, 7) is 0. The first-order valence-electron chi connectivity index (χ1n) is 10.7. The number of anilines is 1. The molecule has 1 spiro atoms. The van der Waals surface area contributed by atoms with Gasteiger partial charge in [-0.1, -0.05) is 6.07 Å². The number of nitrogens with two attached hydrogens (primary N) is 1. The number of hydrogen-bond acceptors (Lipinski definition) is 13. The standard InChI is InChI=1S/C25H17NO12/c26-4-1-2-5-6(3-4)25(10-7(5)13(27)19(33)22(36)16(10)30)11-8(14(28)20(34)23(37)17(11)31)9-12(25)18(32)24(38)21(35)15(9)29/h1-3,27-38H,26H2. The van der Waals surface area contributed by atoms with Crippen molar-refractivity contribution in [3.8, 4) is 91.2 Å². The van der Waals surface area contributed by atoms with Gasteiger partial charge >= 0.3 is 0 Å². The van der Waals surface area contributed by atoms with Crippen LogP contribution in [0.15, 0.2) is 18.2 Å². The van der Waals surface area contributed by atoms with Crippen LogP contribution in [0.4, 0.5) is 5.69 Å². The molecule has 13 heteroatoms. The van der Waals surface area contributed by atoms with Crippen molar-refractivity contribution in [1.82, 2.24) is 0 Å². The summed E-state index contributed by atoms with van der Waals surface area (Å²) in [5.74, 6) is -14.1. The van der Waals surface area contributed by atoms with Crippen molar-refractivity contribution >= 4 is 5.69 Å². The van der Waals surface area contributed by atoms with E-state index >= 15 is 0 Å². The molecule has 0 amide bonds. The molecule has 194 valence electrons. The average Bonchev–Trinajstić information content (AvgIpc) is 3.37. The van der Waals surface area contributed by atoms with E-state index in [9.17, 15) is 61.3 Å². The van der Waals surface area contributed by atoms with Gasteiger partial charge in [-0.2, -0.15) is 0 Å². The minimum atomic E-state index is -2.42. The van der Waals surface area contributed by atoms with Crippen molar-refractivity contribution in [3.05, 3.63) is 40.5 Å². The molecule has 6 rings (SSSR count). The Morgan fingerprint density at radius 1 is 0.421 bits per heavy atom. The maximum Gasteiger partial charge on any atom is 0.204 e. The lowest BCUT2D eigenvalue weighted by Gasteiger charge is -2.32. The fraction of sp³-hybridized carbons (Fsp3) is 0.0400. The van der Waals surface area contributed by atoms with Gasteiger partial charge in [0.25, 0.3) is 0 Å². The Kier molecular flexibility index (Phi) is 3.90. The molecule has 0 aromatic heterocycles. The Morgan fingerprint density at radius 3 is 1.18 bits per heavy atom. The second-order valence-electron chi connectivity index (χ2n) is 8.99. The van der Waals surface area contributed by atoms with Crippen LogP contribution in [0.1, 0.15) is 22.3 Å². The molecular weight excluding hydrogens is 506 g/mol. The van der Waals surface area contributed by atoms with Gasteiger partial charge in [0.05, 0.1) is 5.41 Å². The number of rotatable bonds is 0. The molecular formula is C25H17NO12. The normalized spacial score (nSPS) is 13.8. The molecule has 0 atom stereocenters. The summed E-state index contributed by atoms with van der Waals surface area (Å²) in [6, 6.07) is 3.91. The molecule has 13 nitrogen and oxygen atoms in total. The van der Waals surface area contributed by atoms with Gasteiger partial charge in [0, 0.05) is 39.1 Å². The quantitative estimate of drug-likeness (QED) is 0.0773. The largest absolute Gasteiger partial charge is 0.504 e. The van der Waals surface area contributed by atoms with Gasteiger partial charge in [-0.05, 0) is 23.3 Å². The second kappa shape index (κ2) is 6.53. The van der Waals surface area contributed by atoms with Crippen LogP contribution in [-0.2, 0) is 5.41 Å². The van der Waals surface area contributed by atoms with E-state index in [1.54, 1.807) is 0 Å². The van der Waals surface area contributed by atoms with E-state index in [0.717, 1.165) is 0 Å². The third-order valence-corrected chi connectivity index (χ3v) is 7.28. The molecule has 2 aliphatic carbocycles. The highest BCUT2D eigenvalue weighted by molar-refractivity contribution is 6.06. The molecule has 2 aliphatic rings. The Morgan fingerprint density at radius 2 is 0.763 bits per heavy atom. The molecule has 14 N–H and O–H groups in total. The van der Waals surface area contributed by atoms with Crippen molar-refractivity contribution in [3.63, 3.8) is 0 Å². The van der Waals surface area contributed by atoms with Gasteiger partial charge in [-0.25, -0.2) is 0 Å². The molecule has 0 radical (unpaired) electrons. The fourth-order valence-corrected chi connectivity index (χ4v) is 5.81. The molecule has 38 heavy (non-hydrogen) atoms. The van der Waals surface area contributed by atoms with E-state index < -0.39 is 102 Å². The Hall–Kier alpha value is -5.72. The Labute approximate surface area is 210 Å². The minimum absolute atomic E-state index is 0.00555. The predicted molar refractivity (Wildman–Crippen MR) is 127 cm³/mol.